The fourth-order valence-electron chi connectivity index (χ4n) is 6.74. The maximum atomic E-state index is 14.3. The Kier molecular flexibility index (Phi) is 5.41. The number of pyridine rings is 1. The van der Waals surface area contributed by atoms with E-state index in [0.717, 1.165) is 44.3 Å². The third kappa shape index (κ3) is 3.86. The summed E-state index contributed by atoms with van der Waals surface area (Å²) in [7, 11) is 3.39. The number of aromatic nitrogens is 5. The van der Waals surface area contributed by atoms with E-state index in [4.69, 9.17) is 9.72 Å². The Balaban J connectivity index is 1.44. The smallest absolute Gasteiger partial charge is 0.259 e. The average molecular weight is 532 g/mol. The number of benzene rings is 1. The van der Waals surface area contributed by atoms with Gasteiger partial charge < -0.3 is 13.9 Å². The van der Waals surface area contributed by atoms with Gasteiger partial charge in [0.25, 0.3) is 11.5 Å². The highest BCUT2D eigenvalue weighted by Crippen LogP contribution is 2.45. The molecule has 11 heteroatoms. The van der Waals surface area contributed by atoms with E-state index in [2.05, 4.69) is 19.9 Å². The van der Waals surface area contributed by atoms with Crippen LogP contribution < -0.4 is 15.6 Å². The fraction of sp³-hybridized carbons (Fsp3) is 0.429. The van der Waals surface area contributed by atoms with Crippen molar-refractivity contribution < 1.29 is 13.9 Å². The Labute approximate surface area is 224 Å². The first-order chi connectivity index (χ1) is 18.8. The molecule has 3 aromatic heterocycles. The first-order valence-corrected chi connectivity index (χ1v) is 13.4. The Bertz CT molecular complexity index is 1680. The van der Waals surface area contributed by atoms with Crippen LogP contribution in [0, 0.1) is 11.7 Å². The molecule has 8 rings (SSSR count). The molecular formula is C28H30FN7O3. The van der Waals surface area contributed by atoms with Crippen molar-refractivity contribution in [2.45, 2.75) is 31.2 Å². The number of hydrogen-bond donors (Lipinski definition) is 1. The van der Waals surface area contributed by atoms with Gasteiger partial charge in [-0.2, -0.15) is 5.10 Å². The number of fused-ring (bicyclic) bond motifs is 9. The number of carbonyl (C=O) groups excluding carboxylic acids is 1. The van der Waals surface area contributed by atoms with Crippen LogP contribution >= 0.6 is 0 Å². The zero-order valence-electron chi connectivity index (χ0n) is 22.0. The molecule has 2 saturated heterocycles. The Morgan fingerprint density at radius 3 is 2.77 bits per heavy atom. The maximum Gasteiger partial charge on any atom is 0.259 e. The molecule has 3 fully saturated rings. The van der Waals surface area contributed by atoms with Crippen LogP contribution in [0.4, 0.5) is 10.3 Å². The van der Waals surface area contributed by atoms with E-state index < -0.39 is 5.91 Å². The summed E-state index contributed by atoms with van der Waals surface area (Å²) in [5.74, 6) is 0.695. The van der Waals surface area contributed by atoms with E-state index in [0.29, 0.717) is 53.1 Å². The number of hydrogen-bond acceptors (Lipinski definition) is 6. The van der Waals surface area contributed by atoms with Crippen LogP contribution in [0.1, 0.15) is 36.0 Å². The van der Waals surface area contributed by atoms with Gasteiger partial charge in [0.1, 0.15) is 12.4 Å². The molecule has 1 N–H and O–H groups in total. The molecule has 39 heavy (non-hydrogen) atoms. The van der Waals surface area contributed by atoms with Crippen molar-refractivity contribution in [3.63, 3.8) is 0 Å². The highest BCUT2D eigenvalue weighted by atomic mass is 19.1. The van der Waals surface area contributed by atoms with Gasteiger partial charge in [-0.15, -0.1) is 0 Å². The summed E-state index contributed by atoms with van der Waals surface area (Å²) in [6, 6.07) is 6.20. The van der Waals surface area contributed by atoms with Crippen molar-refractivity contribution in [1.29, 1.82) is 0 Å². The molecule has 4 aromatic rings. The van der Waals surface area contributed by atoms with Crippen LogP contribution in [0.25, 0.3) is 22.2 Å². The molecule has 10 nitrogen and oxygen atoms in total. The molecule has 3 aliphatic heterocycles. The number of nitrogens with zero attached hydrogens (tertiary/aromatic N) is 6. The molecule has 1 unspecified atom stereocenters. The van der Waals surface area contributed by atoms with Crippen LogP contribution in [-0.4, -0.2) is 60.9 Å². The second kappa shape index (κ2) is 8.77. The largest absolute Gasteiger partial charge is 0.476 e. The van der Waals surface area contributed by atoms with Crippen molar-refractivity contribution in [2.24, 2.45) is 20.0 Å². The average Bonchev–Trinajstić information content (AvgIpc) is 3.32. The summed E-state index contributed by atoms with van der Waals surface area (Å²) >= 11 is 0. The summed E-state index contributed by atoms with van der Waals surface area (Å²) in [5.41, 5.74) is 1.89. The molecule has 5 bridgehead atoms. The predicted molar refractivity (Wildman–Crippen MR) is 143 cm³/mol. The van der Waals surface area contributed by atoms with Crippen LogP contribution in [0.5, 0.6) is 5.88 Å². The second-order valence-corrected chi connectivity index (χ2v) is 11.2. The molecule has 1 spiro atoms. The van der Waals surface area contributed by atoms with Crippen LogP contribution in [0.15, 0.2) is 41.5 Å². The van der Waals surface area contributed by atoms with Gasteiger partial charge in [-0.05, 0) is 49.8 Å². The summed E-state index contributed by atoms with van der Waals surface area (Å²) in [4.78, 5) is 34.0. The topological polar surface area (TPSA) is 99.2 Å². The monoisotopic (exact) mass is 531 g/mol. The van der Waals surface area contributed by atoms with Crippen molar-refractivity contribution >= 4 is 22.9 Å². The summed E-state index contributed by atoms with van der Waals surface area (Å²) in [6.07, 6.45) is 7.14. The van der Waals surface area contributed by atoms with Gasteiger partial charge in [-0.25, -0.2) is 14.1 Å². The number of rotatable bonds is 0. The molecule has 1 saturated carbocycles. The van der Waals surface area contributed by atoms with E-state index in [1.165, 1.54) is 22.9 Å². The molecule has 202 valence electrons. The first-order valence-electron chi connectivity index (χ1n) is 13.4. The number of amides is 1. The van der Waals surface area contributed by atoms with Crippen molar-refractivity contribution in [2.75, 3.05) is 31.6 Å². The number of aryl methyl sites for hydroxylation is 2. The zero-order chi connectivity index (χ0) is 26.9. The maximum absolute atomic E-state index is 14.3. The lowest BCUT2D eigenvalue weighted by atomic mass is 9.78. The molecule has 6 heterocycles. The second-order valence-electron chi connectivity index (χ2n) is 11.2. The first kappa shape index (κ1) is 24.1. The minimum absolute atomic E-state index is 0.260. The highest BCUT2D eigenvalue weighted by Gasteiger charge is 2.44. The third-order valence-electron chi connectivity index (χ3n) is 8.65. The van der Waals surface area contributed by atoms with Gasteiger partial charge in [0, 0.05) is 46.0 Å². The fourth-order valence-corrected chi connectivity index (χ4v) is 6.74. The quantitative estimate of drug-likeness (QED) is 0.374. The Hall–Kier alpha value is -3.99. The van der Waals surface area contributed by atoms with Crippen LogP contribution in [-0.2, 0) is 19.6 Å². The minimum Gasteiger partial charge on any atom is -0.476 e. The van der Waals surface area contributed by atoms with Gasteiger partial charge in [0.2, 0.25) is 11.8 Å². The number of ether oxygens (including phenoxy) is 1. The number of imidazole rings is 1. The summed E-state index contributed by atoms with van der Waals surface area (Å²) in [6.45, 7) is 2.86. The molecule has 1 aliphatic carbocycles. The van der Waals surface area contributed by atoms with Crippen molar-refractivity contribution in [3.8, 4) is 17.0 Å². The van der Waals surface area contributed by atoms with Gasteiger partial charge in [-0.3, -0.25) is 19.8 Å². The highest BCUT2D eigenvalue weighted by molar-refractivity contribution is 6.04. The van der Waals surface area contributed by atoms with Gasteiger partial charge in [0.05, 0.1) is 39.5 Å². The van der Waals surface area contributed by atoms with Crippen LogP contribution in [0.3, 0.4) is 0 Å². The minimum atomic E-state index is -0.402. The SMILES string of the molecule is Cn1ncc2c1OCCN1CC3CCC(CC3)(C1)n1c(nc3cc(F)ccc31)NC(=O)c1cc-2c(=O)n(C)c1. The van der Waals surface area contributed by atoms with E-state index in [1.54, 1.807) is 37.1 Å². The van der Waals surface area contributed by atoms with E-state index in [1.807, 2.05) is 0 Å². The Morgan fingerprint density at radius 2 is 1.95 bits per heavy atom. The molecule has 1 amide bonds. The molecule has 1 aromatic carbocycles. The summed E-state index contributed by atoms with van der Waals surface area (Å²) in [5, 5.41) is 7.37. The molecule has 0 radical (unpaired) electrons. The van der Waals surface area contributed by atoms with E-state index >= 15 is 0 Å². The lowest BCUT2D eigenvalue weighted by Crippen LogP contribution is -2.45. The normalized spacial score (nSPS) is 24.6. The van der Waals surface area contributed by atoms with Crippen molar-refractivity contribution in [3.05, 3.63) is 58.4 Å². The van der Waals surface area contributed by atoms with Gasteiger partial charge in [0.15, 0.2) is 0 Å². The predicted octanol–water partition coefficient (Wildman–Crippen LogP) is 3.12. The van der Waals surface area contributed by atoms with Gasteiger partial charge in [-0.1, -0.05) is 0 Å². The number of halogens is 1. The molecule has 1 atom stereocenters. The third-order valence-corrected chi connectivity index (χ3v) is 8.65. The molecular weight excluding hydrogens is 501 g/mol. The molecule has 4 aliphatic rings. The van der Waals surface area contributed by atoms with E-state index in [9.17, 15) is 14.0 Å². The summed E-state index contributed by atoms with van der Waals surface area (Å²) < 4.78 is 25.7. The van der Waals surface area contributed by atoms with Gasteiger partial charge >= 0.3 is 0 Å². The number of anilines is 1. The lowest BCUT2D eigenvalue weighted by molar-refractivity contribution is 0.102. The number of carbonyl (C=O) groups is 1. The number of nitrogens with one attached hydrogen (secondary N) is 1. The zero-order valence-corrected chi connectivity index (χ0v) is 22.0. The lowest BCUT2D eigenvalue weighted by Gasteiger charge is -2.40. The van der Waals surface area contributed by atoms with E-state index in [-0.39, 0.29) is 16.9 Å². The standard InChI is InChI=1S/C28H30FN7O3/c1-33-15-18-11-20(25(33)38)21-13-30-34(2)26(21)39-10-9-35-14-17-5-7-28(16-35,8-6-17)36-23-4-3-19(29)12-22(23)31-27(36)32-24(18)37/h3-4,11-13,15,17H,5-10,14,16H2,1-2H3,(H,31,32,37). The van der Waals surface area contributed by atoms with Crippen molar-refractivity contribution in [1.82, 2.24) is 28.8 Å². The Morgan fingerprint density at radius 1 is 1.13 bits per heavy atom. The van der Waals surface area contributed by atoms with Crippen LogP contribution in [0.2, 0.25) is 0 Å².